The fraction of sp³-hybridized carbons (Fsp3) is 0.143. The zero-order valence-corrected chi connectivity index (χ0v) is 13.7. The van der Waals surface area contributed by atoms with Gasteiger partial charge in [-0.2, -0.15) is 0 Å². The first kappa shape index (κ1) is 15.8. The quantitative estimate of drug-likeness (QED) is 0.792. The van der Waals surface area contributed by atoms with Crippen molar-refractivity contribution in [1.82, 2.24) is 0 Å². The lowest BCUT2D eigenvalue weighted by molar-refractivity contribution is 0.185. The number of nitrogens with one attached hydrogen (secondary N) is 1. The Morgan fingerprint density at radius 2 is 2.00 bits per heavy atom. The monoisotopic (exact) mass is 370 g/mol. The minimum atomic E-state index is -3.68. The van der Waals surface area contributed by atoms with E-state index in [9.17, 15) is 8.42 Å². The highest BCUT2D eigenvalue weighted by Crippen LogP contribution is 2.24. The lowest BCUT2D eigenvalue weighted by Crippen LogP contribution is -2.13. The Hall–Kier alpha value is -1.57. The van der Waals surface area contributed by atoms with Gasteiger partial charge in [-0.15, -0.1) is 0 Å². The Morgan fingerprint density at radius 1 is 1.24 bits per heavy atom. The minimum absolute atomic E-state index is 0.111. The summed E-state index contributed by atoms with van der Waals surface area (Å²) in [6.07, 6.45) is 0. The summed E-state index contributed by atoms with van der Waals surface area (Å²) in [5.41, 5.74) is 7.45. The van der Waals surface area contributed by atoms with Gasteiger partial charge < -0.3 is 10.5 Å². The average molecular weight is 371 g/mol. The zero-order valence-electron chi connectivity index (χ0n) is 11.3. The van der Waals surface area contributed by atoms with Crippen LogP contribution in [0.4, 0.5) is 11.4 Å². The molecule has 2 rings (SSSR count). The molecular weight excluding hydrogens is 356 g/mol. The average Bonchev–Trinajstić information content (AvgIpc) is 2.42. The summed E-state index contributed by atoms with van der Waals surface area (Å²) in [4.78, 5) is 0.111. The molecule has 0 unspecified atom stereocenters. The van der Waals surface area contributed by atoms with Gasteiger partial charge in [0.2, 0.25) is 0 Å². The number of hydrogen-bond acceptors (Lipinski definition) is 4. The van der Waals surface area contributed by atoms with Crippen LogP contribution in [0.15, 0.2) is 51.8 Å². The van der Waals surface area contributed by atoms with Gasteiger partial charge >= 0.3 is 0 Å². The van der Waals surface area contributed by atoms with E-state index < -0.39 is 10.0 Å². The molecule has 7 heteroatoms. The highest BCUT2D eigenvalue weighted by atomic mass is 79.9. The maximum absolute atomic E-state index is 12.3. The minimum Gasteiger partial charge on any atom is -0.398 e. The highest BCUT2D eigenvalue weighted by molar-refractivity contribution is 9.10. The molecule has 0 bridgehead atoms. The van der Waals surface area contributed by atoms with Crippen LogP contribution in [-0.4, -0.2) is 15.5 Å². The largest absolute Gasteiger partial charge is 0.398 e. The maximum atomic E-state index is 12.3. The number of ether oxygens (including phenoxy) is 1. The number of hydrogen-bond donors (Lipinski definition) is 2. The number of halogens is 1. The van der Waals surface area contributed by atoms with E-state index in [4.69, 9.17) is 10.5 Å². The van der Waals surface area contributed by atoms with E-state index in [1.165, 1.54) is 12.1 Å². The Balaban J connectivity index is 2.28. The van der Waals surface area contributed by atoms with Crippen molar-refractivity contribution in [2.75, 3.05) is 17.6 Å². The summed E-state index contributed by atoms with van der Waals surface area (Å²) < 4.78 is 32.9. The van der Waals surface area contributed by atoms with Crippen molar-refractivity contribution in [3.63, 3.8) is 0 Å². The van der Waals surface area contributed by atoms with E-state index >= 15 is 0 Å². The van der Waals surface area contributed by atoms with E-state index in [-0.39, 0.29) is 4.90 Å². The smallest absolute Gasteiger partial charge is 0.261 e. The molecule has 0 aromatic heterocycles. The molecule has 0 fully saturated rings. The van der Waals surface area contributed by atoms with Gasteiger partial charge in [0.05, 0.1) is 11.5 Å². The number of rotatable bonds is 5. The molecule has 3 N–H and O–H groups in total. The number of nitrogen functional groups attached to an aromatic ring is 1. The predicted octanol–water partition coefficient (Wildman–Crippen LogP) is 2.98. The third-order valence-corrected chi connectivity index (χ3v) is 4.87. The van der Waals surface area contributed by atoms with Crippen LogP contribution in [-0.2, 0) is 21.4 Å². The van der Waals surface area contributed by atoms with Gasteiger partial charge in [-0.1, -0.05) is 12.1 Å². The van der Waals surface area contributed by atoms with Crippen molar-refractivity contribution in [1.29, 1.82) is 0 Å². The lowest BCUT2D eigenvalue weighted by Gasteiger charge is -2.10. The number of anilines is 2. The van der Waals surface area contributed by atoms with Gasteiger partial charge in [-0.3, -0.25) is 4.72 Å². The Kier molecular flexibility index (Phi) is 4.87. The van der Waals surface area contributed by atoms with E-state index in [1.54, 1.807) is 31.4 Å². The lowest BCUT2D eigenvalue weighted by atomic mass is 10.2. The van der Waals surface area contributed by atoms with Crippen LogP contribution in [0.25, 0.3) is 0 Å². The van der Waals surface area contributed by atoms with Gasteiger partial charge in [0.15, 0.2) is 0 Å². The van der Waals surface area contributed by atoms with Crippen LogP contribution < -0.4 is 10.5 Å². The summed E-state index contributed by atoms with van der Waals surface area (Å²) in [6.45, 7) is 0.417. The molecule has 0 heterocycles. The summed E-state index contributed by atoms with van der Waals surface area (Å²) >= 11 is 3.24. The molecule has 112 valence electrons. The molecule has 0 radical (unpaired) electrons. The maximum Gasteiger partial charge on any atom is 0.261 e. The number of nitrogens with two attached hydrogens (primary N) is 1. The molecule has 0 amide bonds. The van der Waals surface area contributed by atoms with Gasteiger partial charge in [-0.05, 0) is 51.8 Å². The topological polar surface area (TPSA) is 81.4 Å². The molecule has 0 aliphatic carbocycles. The molecule has 0 saturated heterocycles. The molecule has 0 saturated carbocycles. The van der Waals surface area contributed by atoms with E-state index in [2.05, 4.69) is 20.7 Å². The summed E-state index contributed by atoms with van der Waals surface area (Å²) in [5.74, 6) is 0. The molecule has 2 aromatic rings. The van der Waals surface area contributed by atoms with Crippen molar-refractivity contribution in [2.24, 2.45) is 0 Å². The van der Waals surface area contributed by atoms with Crippen molar-refractivity contribution in [3.8, 4) is 0 Å². The molecule has 0 aliphatic rings. The van der Waals surface area contributed by atoms with Crippen molar-refractivity contribution in [3.05, 3.63) is 52.5 Å². The fourth-order valence-corrected chi connectivity index (χ4v) is 3.13. The van der Waals surface area contributed by atoms with Crippen LogP contribution >= 0.6 is 15.9 Å². The fourth-order valence-electron chi connectivity index (χ4n) is 1.79. The summed E-state index contributed by atoms with van der Waals surface area (Å²) in [7, 11) is -2.09. The number of methoxy groups -OCH3 is 1. The molecule has 5 nitrogen and oxygen atoms in total. The Labute approximate surface area is 132 Å². The van der Waals surface area contributed by atoms with Gasteiger partial charge in [-0.25, -0.2) is 8.42 Å². The molecule has 0 atom stereocenters. The van der Waals surface area contributed by atoms with Crippen molar-refractivity contribution >= 4 is 37.3 Å². The van der Waals surface area contributed by atoms with Crippen LogP contribution in [0.3, 0.4) is 0 Å². The van der Waals surface area contributed by atoms with Crippen LogP contribution in [0.5, 0.6) is 0 Å². The molecule has 21 heavy (non-hydrogen) atoms. The second-order valence-electron chi connectivity index (χ2n) is 4.42. The summed E-state index contributed by atoms with van der Waals surface area (Å²) in [5, 5.41) is 0. The normalized spacial score (nSPS) is 11.3. The number of sulfonamides is 1. The molecule has 0 aliphatic heterocycles. The third kappa shape index (κ3) is 3.96. The summed E-state index contributed by atoms with van der Waals surface area (Å²) in [6, 6.07) is 11.5. The SMILES string of the molecule is COCc1cccc(NS(=O)(=O)c2ccc(Br)c(N)c2)c1. The molecule has 0 spiro atoms. The van der Waals surface area contributed by atoms with Crippen molar-refractivity contribution < 1.29 is 13.2 Å². The zero-order chi connectivity index (χ0) is 15.5. The highest BCUT2D eigenvalue weighted by Gasteiger charge is 2.15. The first-order valence-electron chi connectivity index (χ1n) is 6.08. The van der Waals surface area contributed by atoms with Gasteiger partial charge in [0.1, 0.15) is 0 Å². The van der Waals surface area contributed by atoms with E-state index in [0.29, 0.717) is 22.5 Å². The third-order valence-electron chi connectivity index (χ3n) is 2.77. The van der Waals surface area contributed by atoms with Crippen LogP contribution in [0.1, 0.15) is 5.56 Å². The first-order valence-corrected chi connectivity index (χ1v) is 8.36. The number of benzene rings is 2. The van der Waals surface area contributed by atoms with Crippen molar-refractivity contribution in [2.45, 2.75) is 11.5 Å². The Morgan fingerprint density at radius 3 is 2.67 bits per heavy atom. The van der Waals surface area contributed by atoms with Gasteiger partial charge in [0, 0.05) is 23.0 Å². The molecule has 2 aromatic carbocycles. The second kappa shape index (κ2) is 6.46. The van der Waals surface area contributed by atoms with E-state index in [0.717, 1.165) is 5.56 Å². The first-order chi connectivity index (χ1) is 9.92. The van der Waals surface area contributed by atoms with Crippen LogP contribution in [0.2, 0.25) is 0 Å². The predicted molar refractivity (Wildman–Crippen MR) is 86.5 cm³/mol. The molecular formula is C14H15BrN2O3S. The second-order valence-corrected chi connectivity index (χ2v) is 6.96. The van der Waals surface area contributed by atoms with Gasteiger partial charge in [0.25, 0.3) is 10.0 Å². The van der Waals surface area contributed by atoms with E-state index in [1.807, 2.05) is 6.07 Å². The Bertz CT molecular complexity index is 748. The van der Waals surface area contributed by atoms with Crippen LogP contribution in [0, 0.1) is 0 Å². The standard InChI is InChI=1S/C14H15BrN2O3S/c1-20-9-10-3-2-4-11(7-10)17-21(18,19)12-5-6-13(15)14(16)8-12/h2-8,17H,9,16H2,1H3.